The summed E-state index contributed by atoms with van der Waals surface area (Å²) in [4.78, 5) is 10.1. The van der Waals surface area contributed by atoms with E-state index in [1.807, 2.05) is 0 Å². The van der Waals surface area contributed by atoms with E-state index >= 15 is 0 Å². The summed E-state index contributed by atoms with van der Waals surface area (Å²) in [5, 5.41) is 17.2. The molecule has 9 heavy (non-hydrogen) atoms. The van der Waals surface area contributed by atoms with Crippen LogP contribution in [0, 0.1) is 0 Å². The lowest BCUT2D eigenvalue weighted by Gasteiger charge is -2.09. The topological polar surface area (TPSA) is 83.6 Å². The van der Waals surface area contributed by atoms with E-state index in [2.05, 4.69) is 5.73 Å². The summed E-state index contributed by atoms with van der Waals surface area (Å²) in [5.74, 6) is -1.17. The number of primary amides is 1. The maximum absolute atomic E-state index is 10.1. The van der Waals surface area contributed by atoms with Crippen molar-refractivity contribution < 1.29 is 15.0 Å². The SMILES string of the molecule is NC(=O)[C@@H](O)[C@H](O)CCl. The molecule has 0 bridgehead atoms. The number of aliphatic hydroxyl groups is 2. The Balaban J connectivity index is 3.72. The van der Waals surface area contributed by atoms with Crippen LogP contribution < -0.4 is 5.73 Å². The van der Waals surface area contributed by atoms with Crippen LogP contribution in [0.25, 0.3) is 0 Å². The first-order chi connectivity index (χ1) is 4.09. The van der Waals surface area contributed by atoms with Crippen molar-refractivity contribution in [1.29, 1.82) is 0 Å². The lowest BCUT2D eigenvalue weighted by Crippen LogP contribution is -2.39. The summed E-state index contributed by atoms with van der Waals surface area (Å²) in [5.41, 5.74) is 4.60. The van der Waals surface area contributed by atoms with Gasteiger partial charge in [0, 0.05) is 0 Å². The highest BCUT2D eigenvalue weighted by Gasteiger charge is 2.19. The van der Waals surface area contributed by atoms with E-state index < -0.39 is 18.1 Å². The summed E-state index contributed by atoms with van der Waals surface area (Å²) >= 11 is 5.07. The smallest absolute Gasteiger partial charge is 0.249 e. The van der Waals surface area contributed by atoms with Gasteiger partial charge in [-0.25, -0.2) is 0 Å². The Morgan fingerprint density at radius 3 is 2.22 bits per heavy atom. The standard InChI is InChI=1S/C4H8ClNO3/c5-1-2(7)3(8)4(6)9/h2-3,7-8H,1H2,(H2,6,9)/t2-,3+/m1/s1. The second-order valence-electron chi connectivity index (χ2n) is 1.57. The number of nitrogens with two attached hydrogens (primary N) is 1. The molecule has 54 valence electrons. The molecule has 0 fully saturated rings. The summed E-state index contributed by atoms with van der Waals surface area (Å²) in [6.07, 6.45) is -2.81. The van der Waals surface area contributed by atoms with Crippen LogP contribution in [0.1, 0.15) is 0 Å². The fourth-order valence-corrected chi connectivity index (χ4v) is 0.443. The molecule has 5 heteroatoms. The second-order valence-corrected chi connectivity index (χ2v) is 1.88. The third-order valence-electron chi connectivity index (χ3n) is 0.814. The van der Waals surface area contributed by atoms with Crippen LogP contribution >= 0.6 is 11.6 Å². The number of halogens is 1. The molecule has 0 aliphatic rings. The molecule has 0 rings (SSSR count). The van der Waals surface area contributed by atoms with Crippen molar-refractivity contribution in [3.05, 3.63) is 0 Å². The molecule has 0 aromatic carbocycles. The van der Waals surface area contributed by atoms with Gasteiger partial charge in [0.25, 0.3) is 0 Å². The maximum Gasteiger partial charge on any atom is 0.249 e. The zero-order valence-electron chi connectivity index (χ0n) is 4.62. The molecule has 1 amide bonds. The largest absolute Gasteiger partial charge is 0.389 e. The van der Waals surface area contributed by atoms with E-state index in [9.17, 15) is 4.79 Å². The first-order valence-corrected chi connectivity index (χ1v) is 2.84. The summed E-state index contributed by atoms with van der Waals surface area (Å²) < 4.78 is 0. The molecule has 2 atom stereocenters. The van der Waals surface area contributed by atoms with Crippen molar-refractivity contribution in [3.63, 3.8) is 0 Å². The van der Waals surface area contributed by atoms with E-state index in [-0.39, 0.29) is 5.88 Å². The van der Waals surface area contributed by atoms with Gasteiger partial charge in [-0.3, -0.25) is 4.79 Å². The summed E-state index contributed by atoms with van der Waals surface area (Å²) in [6.45, 7) is 0. The minimum atomic E-state index is -1.55. The molecule has 4 nitrogen and oxygen atoms in total. The van der Waals surface area contributed by atoms with Crippen LogP contribution in [-0.2, 0) is 4.79 Å². The summed E-state index contributed by atoms with van der Waals surface area (Å²) in [7, 11) is 0. The number of alkyl halides is 1. The predicted octanol–water partition coefficient (Wildman–Crippen LogP) is -1.57. The third-order valence-corrected chi connectivity index (χ3v) is 1.13. The monoisotopic (exact) mass is 153 g/mol. The van der Waals surface area contributed by atoms with Crippen LogP contribution in [0.5, 0.6) is 0 Å². The van der Waals surface area contributed by atoms with Gasteiger partial charge in [0.15, 0.2) is 6.10 Å². The van der Waals surface area contributed by atoms with E-state index in [4.69, 9.17) is 21.8 Å². The lowest BCUT2D eigenvalue weighted by molar-refractivity contribution is -0.130. The Hall–Kier alpha value is -0.320. The minimum Gasteiger partial charge on any atom is -0.389 e. The van der Waals surface area contributed by atoms with Gasteiger partial charge in [-0.1, -0.05) is 0 Å². The Labute approximate surface area is 57.2 Å². The maximum atomic E-state index is 10.1. The minimum absolute atomic E-state index is 0.204. The fraction of sp³-hybridized carbons (Fsp3) is 0.750. The van der Waals surface area contributed by atoms with Crippen molar-refractivity contribution in [2.75, 3.05) is 5.88 Å². The molecule has 0 aromatic heterocycles. The number of hydrogen-bond acceptors (Lipinski definition) is 3. The Morgan fingerprint density at radius 2 is 2.11 bits per heavy atom. The molecule has 0 aliphatic heterocycles. The molecule has 0 radical (unpaired) electrons. The molecule has 0 spiro atoms. The van der Waals surface area contributed by atoms with Crippen LogP contribution in [0.3, 0.4) is 0 Å². The number of aliphatic hydroxyl groups excluding tert-OH is 2. The lowest BCUT2D eigenvalue weighted by atomic mass is 10.2. The number of carbonyl (C=O) groups excluding carboxylic acids is 1. The zero-order valence-corrected chi connectivity index (χ0v) is 5.38. The van der Waals surface area contributed by atoms with E-state index in [1.54, 1.807) is 0 Å². The number of amides is 1. The molecule has 0 aromatic rings. The van der Waals surface area contributed by atoms with Crippen molar-refractivity contribution in [1.82, 2.24) is 0 Å². The molecular weight excluding hydrogens is 146 g/mol. The quantitative estimate of drug-likeness (QED) is 0.429. The highest BCUT2D eigenvalue weighted by atomic mass is 35.5. The predicted molar refractivity (Wildman–Crippen MR) is 31.9 cm³/mol. The van der Waals surface area contributed by atoms with Crippen LogP contribution in [-0.4, -0.2) is 34.2 Å². The van der Waals surface area contributed by atoms with Gasteiger partial charge < -0.3 is 15.9 Å². The molecule has 4 N–H and O–H groups in total. The van der Waals surface area contributed by atoms with Gasteiger partial charge >= 0.3 is 0 Å². The average molecular weight is 154 g/mol. The van der Waals surface area contributed by atoms with Gasteiger partial charge in [-0.05, 0) is 0 Å². The Morgan fingerprint density at radius 1 is 1.67 bits per heavy atom. The van der Waals surface area contributed by atoms with E-state index in [1.165, 1.54) is 0 Å². The van der Waals surface area contributed by atoms with Gasteiger partial charge in [0.2, 0.25) is 5.91 Å². The Kier molecular flexibility index (Phi) is 3.53. The molecule has 0 unspecified atom stereocenters. The number of carbonyl (C=O) groups is 1. The van der Waals surface area contributed by atoms with Crippen molar-refractivity contribution in [2.45, 2.75) is 12.2 Å². The molecule has 0 heterocycles. The highest BCUT2D eigenvalue weighted by molar-refractivity contribution is 6.18. The van der Waals surface area contributed by atoms with Gasteiger partial charge in [0.05, 0.1) is 5.88 Å². The molecule has 0 aliphatic carbocycles. The number of hydrogen-bond donors (Lipinski definition) is 3. The normalized spacial score (nSPS) is 16.8. The van der Waals surface area contributed by atoms with Crippen LogP contribution in [0.2, 0.25) is 0 Å². The molecule has 0 saturated carbocycles. The zero-order chi connectivity index (χ0) is 7.44. The van der Waals surface area contributed by atoms with E-state index in [0.717, 1.165) is 0 Å². The van der Waals surface area contributed by atoms with Crippen molar-refractivity contribution in [3.8, 4) is 0 Å². The Bertz CT molecular complexity index is 108. The summed E-state index contributed by atoms with van der Waals surface area (Å²) in [6, 6.07) is 0. The highest BCUT2D eigenvalue weighted by Crippen LogP contribution is 1.94. The van der Waals surface area contributed by atoms with Crippen molar-refractivity contribution >= 4 is 17.5 Å². The van der Waals surface area contributed by atoms with Crippen LogP contribution in [0.15, 0.2) is 0 Å². The average Bonchev–Trinajstić information content (AvgIpc) is 1.84. The third kappa shape index (κ3) is 2.64. The van der Waals surface area contributed by atoms with Crippen molar-refractivity contribution in [2.24, 2.45) is 5.73 Å². The second kappa shape index (κ2) is 3.66. The van der Waals surface area contributed by atoms with E-state index in [0.29, 0.717) is 0 Å². The van der Waals surface area contributed by atoms with Gasteiger partial charge in [-0.2, -0.15) is 0 Å². The number of rotatable bonds is 3. The fourth-order valence-electron chi connectivity index (χ4n) is 0.274. The first-order valence-electron chi connectivity index (χ1n) is 2.31. The van der Waals surface area contributed by atoms with Gasteiger partial charge in [-0.15, -0.1) is 11.6 Å². The van der Waals surface area contributed by atoms with Crippen LogP contribution in [0.4, 0.5) is 0 Å². The van der Waals surface area contributed by atoms with Gasteiger partial charge in [0.1, 0.15) is 6.10 Å². The molecule has 0 saturated heterocycles. The molecular formula is C4H8ClNO3. The first kappa shape index (κ1) is 8.68.